The van der Waals surface area contributed by atoms with Gasteiger partial charge in [-0.25, -0.2) is 4.79 Å². The topological polar surface area (TPSA) is 93.9 Å². The van der Waals surface area contributed by atoms with Gasteiger partial charge in [0.25, 0.3) is 0 Å². The summed E-state index contributed by atoms with van der Waals surface area (Å²) >= 11 is 0. The third-order valence-corrected chi connectivity index (χ3v) is 5.75. The number of carbonyl (C=O) groups excluding carboxylic acids is 1. The van der Waals surface area contributed by atoms with Crippen molar-refractivity contribution in [3.05, 3.63) is 59.2 Å². The molecule has 0 radical (unpaired) electrons. The van der Waals surface area contributed by atoms with Crippen molar-refractivity contribution < 1.29 is 19.6 Å². The molecule has 0 amide bonds. The molecule has 2 aliphatic rings. The van der Waals surface area contributed by atoms with Gasteiger partial charge in [-0.2, -0.15) is 0 Å². The van der Waals surface area contributed by atoms with E-state index in [0.717, 1.165) is 50.6 Å². The van der Waals surface area contributed by atoms with Crippen LogP contribution in [0, 0.1) is 11.3 Å². The van der Waals surface area contributed by atoms with Crippen LogP contribution in [0.5, 0.6) is 0 Å². The minimum absolute atomic E-state index is 0.205. The fraction of sp³-hybridized carbons (Fsp3) is 0.455. The lowest BCUT2D eigenvalue weighted by molar-refractivity contribution is -0.136. The molecule has 0 aromatic heterocycles. The van der Waals surface area contributed by atoms with Crippen LogP contribution in [-0.4, -0.2) is 60.5 Å². The first-order valence-electron chi connectivity index (χ1n) is 10.0. The number of esters is 1. The maximum absolute atomic E-state index is 11.6. The molecule has 0 aromatic rings. The van der Waals surface area contributed by atoms with Gasteiger partial charge in [-0.15, -0.1) is 0 Å². The summed E-state index contributed by atoms with van der Waals surface area (Å²) in [4.78, 5) is 14.0. The number of methoxy groups -OCH3 is 1. The van der Waals surface area contributed by atoms with Gasteiger partial charge in [-0.3, -0.25) is 4.90 Å². The second-order valence-corrected chi connectivity index (χ2v) is 7.52. The van der Waals surface area contributed by atoms with Crippen molar-refractivity contribution in [2.75, 3.05) is 20.2 Å². The van der Waals surface area contributed by atoms with Crippen LogP contribution in [0.25, 0.3) is 0 Å². The molecule has 29 heavy (non-hydrogen) atoms. The van der Waals surface area contributed by atoms with Crippen LogP contribution in [0.4, 0.5) is 0 Å². The largest absolute Gasteiger partial charge is 0.489 e. The van der Waals surface area contributed by atoms with E-state index in [1.165, 1.54) is 18.8 Å². The number of likely N-dealkylation sites (tertiary alicyclic amines) is 1. The van der Waals surface area contributed by atoms with Gasteiger partial charge in [0.05, 0.1) is 7.11 Å². The lowest BCUT2D eigenvalue weighted by Crippen LogP contribution is -2.39. The highest BCUT2D eigenvalue weighted by molar-refractivity contribution is 6.52. The quantitative estimate of drug-likeness (QED) is 0.253. The van der Waals surface area contributed by atoms with Gasteiger partial charge in [0.15, 0.2) is 0 Å². The fourth-order valence-corrected chi connectivity index (χ4v) is 3.89. The van der Waals surface area contributed by atoms with Crippen LogP contribution >= 0.6 is 0 Å². The minimum Gasteiger partial charge on any atom is -0.466 e. The zero-order valence-electron chi connectivity index (χ0n) is 17.3. The summed E-state index contributed by atoms with van der Waals surface area (Å²) < 4.78 is 4.79. The molecule has 1 saturated heterocycles. The van der Waals surface area contributed by atoms with Gasteiger partial charge in [0.1, 0.15) is 0 Å². The molecule has 6 nitrogen and oxygen atoms in total. The Labute approximate surface area is 173 Å². The minimum atomic E-state index is -1.64. The number of carbonyl (C=O) groups is 1. The molecule has 2 rings (SSSR count). The summed E-state index contributed by atoms with van der Waals surface area (Å²) in [5.74, 6) is 0.323. The second-order valence-electron chi connectivity index (χ2n) is 7.52. The highest BCUT2D eigenvalue weighted by Gasteiger charge is 2.26. The molecular formula is C22H31BN2O4. The van der Waals surface area contributed by atoms with Crippen molar-refractivity contribution in [2.45, 2.75) is 38.6 Å². The smallest absolute Gasteiger partial charge is 0.466 e. The van der Waals surface area contributed by atoms with E-state index in [9.17, 15) is 14.8 Å². The summed E-state index contributed by atoms with van der Waals surface area (Å²) in [5, 5.41) is 25.9. The van der Waals surface area contributed by atoms with Crippen LogP contribution in [0.2, 0.25) is 0 Å². The lowest BCUT2D eigenvalue weighted by atomic mass is 9.75. The number of hydrogen-bond acceptors (Lipinski definition) is 6. The van der Waals surface area contributed by atoms with E-state index in [1.54, 1.807) is 6.08 Å². The number of nitrogens with zero attached hydrogens (tertiary/aromatic N) is 1. The molecule has 1 fully saturated rings. The van der Waals surface area contributed by atoms with E-state index in [4.69, 9.17) is 10.1 Å². The van der Waals surface area contributed by atoms with E-state index >= 15 is 0 Å². The average molecular weight is 398 g/mol. The van der Waals surface area contributed by atoms with Gasteiger partial charge < -0.3 is 20.2 Å². The third kappa shape index (κ3) is 6.39. The Balaban J connectivity index is 1.89. The molecule has 0 aromatic carbocycles. The van der Waals surface area contributed by atoms with E-state index in [0.29, 0.717) is 11.5 Å². The third-order valence-electron chi connectivity index (χ3n) is 5.75. The van der Waals surface area contributed by atoms with E-state index in [2.05, 4.69) is 24.5 Å². The molecule has 1 aliphatic heterocycles. The summed E-state index contributed by atoms with van der Waals surface area (Å²) in [6.07, 6.45) is 14.0. The summed E-state index contributed by atoms with van der Waals surface area (Å²) in [6, 6.07) is 0.205. The monoisotopic (exact) mass is 398 g/mol. The van der Waals surface area contributed by atoms with E-state index in [-0.39, 0.29) is 17.5 Å². The summed E-state index contributed by atoms with van der Waals surface area (Å²) in [7, 11) is -0.225. The van der Waals surface area contributed by atoms with Gasteiger partial charge in [-0.1, -0.05) is 36.5 Å². The molecule has 156 valence electrons. The molecule has 7 heteroatoms. The van der Waals surface area contributed by atoms with Crippen molar-refractivity contribution >= 4 is 19.3 Å². The van der Waals surface area contributed by atoms with Crippen molar-refractivity contribution in [2.24, 2.45) is 5.92 Å². The molecule has 1 heterocycles. The average Bonchev–Trinajstić information content (AvgIpc) is 2.75. The predicted octanol–water partition coefficient (Wildman–Crippen LogP) is 2.61. The first-order valence-corrected chi connectivity index (χ1v) is 10.0. The number of piperidine rings is 1. The summed E-state index contributed by atoms with van der Waals surface area (Å²) in [6.45, 7) is 7.95. The van der Waals surface area contributed by atoms with Crippen LogP contribution in [0.1, 0.15) is 32.6 Å². The number of ether oxygens (including phenoxy) is 1. The first-order chi connectivity index (χ1) is 13.9. The Bertz CT molecular complexity index is 744. The summed E-state index contributed by atoms with van der Waals surface area (Å²) in [5.41, 5.74) is 2.89. The zero-order valence-corrected chi connectivity index (χ0v) is 17.3. The first kappa shape index (κ1) is 23.1. The molecule has 0 saturated carbocycles. The molecule has 1 unspecified atom stereocenters. The van der Waals surface area contributed by atoms with E-state index in [1.807, 2.05) is 12.2 Å². The Hall–Kier alpha value is -2.22. The maximum atomic E-state index is 11.6. The molecule has 1 atom stereocenters. The van der Waals surface area contributed by atoms with Gasteiger partial charge in [0.2, 0.25) is 0 Å². The standard InChI is InChI=1S/C22H31BN2O4/c1-16(21(10-13-24)23(27)28)4-5-17(2)25-14-11-19(12-15-25)18-6-8-20(9-7-18)22(26)29-3/h4-6,8,10,13,17,19,24,27-28H,1,7,9,11-12,14-15H2,2-3H3/b5-4?,21-10+,24-13?. The van der Waals surface area contributed by atoms with Gasteiger partial charge >= 0.3 is 13.1 Å². The Morgan fingerprint density at radius 1 is 1.34 bits per heavy atom. The highest BCUT2D eigenvalue weighted by atomic mass is 16.5. The van der Waals surface area contributed by atoms with Crippen LogP contribution in [-0.2, 0) is 9.53 Å². The van der Waals surface area contributed by atoms with E-state index < -0.39 is 7.12 Å². The zero-order chi connectivity index (χ0) is 21.4. The van der Waals surface area contributed by atoms with Crippen molar-refractivity contribution in [1.82, 2.24) is 4.90 Å². The normalized spacial score (nSPS) is 20.1. The number of nitrogens with one attached hydrogen (secondary N) is 1. The highest BCUT2D eigenvalue weighted by Crippen LogP contribution is 2.32. The molecule has 0 spiro atoms. The van der Waals surface area contributed by atoms with Gasteiger partial charge in [-0.05, 0) is 68.7 Å². The van der Waals surface area contributed by atoms with Crippen molar-refractivity contribution in [1.29, 1.82) is 5.41 Å². The SMILES string of the molecule is C=C(C=CC(C)N1CCC(C2=CC=C(C(=O)OC)CC2)CC1)/C(=C\C=N)B(O)O. The Morgan fingerprint density at radius 3 is 2.55 bits per heavy atom. The van der Waals surface area contributed by atoms with Gasteiger partial charge in [0, 0.05) is 17.8 Å². The van der Waals surface area contributed by atoms with Crippen LogP contribution in [0.15, 0.2) is 59.2 Å². The van der Waals surface area contributed by atoms with Crippen molar-refractivity contribution in [3.63, 3.8) is 0 Å². The van der Waals surface area contributed by atoms with Crippen molar-refractivity contribution in [3.8, 4) is 0 Å². The molecule has 0 bridgehead atoms. The lowest BCUT2D eigenvalue weighted by Gasteiger charge is -2.36. The number of allylic oxidation sites excluding steroid dienone is 7. The van der Waals surface area contributed by atoms with Crippen LogP contribution in [0.3, 0.4) is 0 Å². The molecular weight excluding hydrogens is 367 g/mol. The molecule has 3 N–H and O–H groups in total. The fourth-order valence-electron chi connectivity index (χ4n) is 3.89. The van der Waals surface area contributed by atoms with Crippen LogP contribution < -0.4 is 0 Å². The molecule has 1 aliphatic carbocycles. The second kappa shape index (κ2) is 11.1. The predicted molar refractivity (Wildman–Crippen MR) is 117 cm³/mol. The number of hydrogen-bond donors (Lipinski definition) is 3. The Morgan fingerprint density at radius 2 is 2.03 bits per heavy atom. The maximum Gasteiger partial charge on any atom is 0.489 e. The Kier molecular flexibility index (Phi) is 8.82. The number of rotatable bonds is 8.